The average Bonchev–Trinajstić information content (AvgIpc) is 2.52. The first-order chi connectivity index (χ1) is 10.2. The standard InChI is InChI=1S/C19H25NO/c1-4-20(12-13-21-3)15-18-14-16(2)10-11-19(18)17-8-6-5-7-9-17/h5-11,14H,4,12-13,15H2,1-3H3. The van der Waals surface area contributed by atoms with E-state index in [1.807, 2.05) is 0 Å². The van der Waals surface area contributed by atoms with Gasteiger partial charge in [-0.3, -0.25) is 4.90 Å². The third-order valence-corrected chi connectivity index (χ3v) is 3.80. The van der Waals surface area contributed by atoms with Gasteiger partial charge in [-0.25, -0.2) is 0 Å². The molecule has 0 aromatic heterocycles. The second-order valence-corrected chi connectivity index (χ2v) is 5.39. The molecule has 112 valence electrons. The monoisotopic (exact) mass is 283 g/mol. The molecule has 0 saturated heterocycles. The summed E-state index contributed by atoms with van der Waals surface area (Å²) in [6, 6.07) is 17.4. The fraction of sp³-hybridized carbons (Fsp3) is 0.368. The lowest BCUT2D eigenvalue weighted by molar-refractivity contribution is 0.147. The normalized spacial score (nSPS) is 11.0. The van der Waals surface area contributed by atoms with Gasteiger partial charge >= 0.3 is 0 Å². The molecule has 0 N–H and O–H groups in total. The van der Waals surface area contributed by atoms with Crippen LogP contribution in [0.5, 0.6) is 0 Å². The van der Waals surface area contributed by atoms with Gasteiger partial charge in [-0.2, -0.15) is 0 Å². The van der Waals surface area contributed by atoms with Crippen molar-refractivity contribution in [1.82, 2.24) is 4.90 Å². The molecule has 0 saturated carbocycles. The van der Waals surface area contributed by atoms with Crippen molar-refractivity contribution in [2.75, 3.05) is 26.8 Å². The van der Waals surface area contributed by atoms with Crippen molar-refractivity contribution in [1.29, 1.82) is 0 Å². The molecule has 0 aliphatic carbocycles. The number of hydrogen-bond donors (Lipinski definition) is 0. The largest absolute Gasteiger partial charge is 0.383 e. The molecule has 0 heterocycles. The molecule has 0 bridgehead atoms. The van der Waals surface area contributed by atoms with Crippen LogP contribution in [0.3, 0.4) is 0 Å². The Bertz CT molecular complexity index is 551. The first-order valence-corrected chi connectivity index (χ1v) is 7.60. The number of aryl methyl sites for hydroxylation is 1. The van der Waals surface area contributed by atoms with Crippen LogP contribution >= 0.6 is 0 Å². The summed E-state index contributed by atoms with van der Waals surface area (Å²) in [6.45, 7) is 8.10. The van der Waals surface area contributed by atoms with Gasteiger partial charge in [0.15, 0.2) is 0 Å². The first kappa shape index (κ1) is 15.7. The summed E-state index contributed by atoms with van der Waals surface area (Å²) in [4.78, 5) is 2.42. The van der Waals surface area contributed by atoms with E-state index in [1.165, 1.54) is 22.3 Å². The zero-order valence-corrected chi connectivity index (χ0v) is 13.3. The maximum Gasteiger partial charge on any atom is 0.0589 e. The smallest absolute Gasteiger partial charge is 0.0589 e. The van der Waals surface area contributed by atoms with Gasteiger partial charge in [0, 0.05) is 20.2 Å². The molecule has 0 unspecified atom stereocenters. The Morgan fingerprint density at radius 1 is 1.05 bits per heavy atom. The van der Waals surface area contributed by atoms with Crippen LogP contribution in [0.4, 0.5) is 0 Å². The number of hydrogen-bond acceptors (Lipinski definition) is 2. The van der Waals surface area contributed by atoms with Crippen LogP contribution < -0.4 is 0 Å². The van der Waals surface area contributed by atoms with E-state index in [-0.39, 0.29) is 0 Å². The topological polar surface area (TPSA) is 12.5 Å². The van der Waals surface area contributed by atoms with Crippen molar-refractivity contribution >= 4 is 0 Å². The second-order valence-electron chi connectivity index (χ2n) is 5.39. The van der Waals surface area contributed by atoms with E-state index >= 15 is 0 Å². The maximum absolute atomic E-state index is 5.21. The van der Waals surface area contributed by atoms with E-state index in [0.29, 0.717) is 0 Å². The lowest BCUT2D eigenvalue weighted by Gasteiger charge is -2.22. The zero-order chi connectivity index (χ0) is 15.1. The highest BCUT2D eigenvalue weighted by Crippen LogP contribution is 2.25. The van der Waals surface area contributed by atoms with Crippen LogP contribution in [-0.4, -0.2) is 31.7 Å². The Morgan fingerprint density at radius 2 is 1.81 bits per heavy atom. The maximum atomic E-state index is 5.21. The predicted octanol–water partition coefficient (Wildman–Crippen LogP) is 4.13. The van der Waals surface area contributed by atoms with E-state index in [9.17, 15) is 0 Å². The molecule has 2 heteroatoms. The van der Waals surface area contributed by atoms with Gasteiger partial charge in [0.05, 0.1) is 6.61 Å². The summed E-state index contributed by atoms with van der Waals surface area (Å²) < 4.78 is 5.21. The molecule has 2 aromatic rings. The van der Waals surface area contributed by atoms with Crippen LogP contribution in [0, 0.1) is 6.92 Å². The Labute approximate surface area is 128 Å². The molecular formula is C19H25NO. The van der Waals surface area contributed by atoms with Crippen LogP contribution in [-0.2, 0) is 11.3 Å². The van der Waals surface area contributed by atoms with Crippen molar-refractivity contribution in [2.45, 2.75) is 20.4 Å². The SMILES string of the molecule is CCN(CCOC)Cc1cc(C)ccc1-c1ccccc1. The van der Waals surface area contributed by atoms with Crippen LogP contribution in [0.2, 0.25) is 0 Å². The molecule has 21 heavy (non-hydrogen) atoms. The molecule has 0 fully saturated rings. The average molecular weight is 283 g/mol. The highest BCUT2D eigenvalue weighted by Gasteiger charge is 2.09. The molecule has 0 spiro atoms. The molecule has 2 aromatic carbocycles. The van der Waals surface area contributed by atoms with Crippen LogP contribution in [0.1, 0.15) is 18.1 Å². The van der Waals surface area contributed by atoms with Gasteiger partial charge in [-0.05, 0) is 30.2 Å². The summed E-state index contributed by atoms with van der Waals surface area (Å²) in [5.41, 5.74) is 5.32. The van der Waals surface area contributed by atoms with Crippen molar-refractivity contribution < 1.29 is 4.74 Å². The Morgan fingerprint density at radius 3 is 2.48 bits per heavy atom. The molecule has 0 atom stereocenters. The summed E-state index contributed by atoms with van der Waals surface area (Å²) in [5, 5.41) is 0. The summed E-state index contributed by atoms with van der Waals surface area (Å²) in [5.74, 6) is 0. The van der Waals surface area contributed by atoms with Gasteiger partial charge in [-0.1, -0.05) is 61.0 Å². The van der Waals surface area contributed by atoms with Crippen molar-refractivity contribution in [2.24, 2.45) is 0 Å². The fourth-order valence-corrected chi connectivity index (χ4v) is 2.56. The first-order valence-electron chi connectivity index (χ1n) is 7.60. The molecule has 0 radical (unpaired) electrons. The fourth-order valence-electron chi connectivity index (χ4n) is 2.56. The van der Waals surface area contributed by atoms with Crippen molar-refractivity contribution in [3.63, 3.8) is 0 Å². The van der Waals surface area contributed by atoms with E-state index < -0.39 is 0 Å². The highest BCUT2D eigenvalue weighted by molar-refractivity contribution is 5.67. The zero-order valence-electron chi connectivity index (χ0n) is 13.3. The molecule has 0 aliphatic heterocycles. The third kappa shape index (κ3) is 4.42. The van der Waals surface area contributed by atoms with Crippen molar-refractivity contribution in [3.8, 4) is 11.1 Å². The van der Waals surface area contributed by atoms with Crippen LogP contribution in [0.15, 0.2) is 48.5 Å². The molecule has 2 rings (SSSR count). The molecule has 0 aliphatic rings. The molecular weight excluding hydrogens is 258 g/mol. The van der Waals surface area contributed by atoms with Crippen molar-refractivity contribution in [3.05, 3.63) is 59.7 Å². The van der Waals surface area contributed by atoms with E-state index in [0.717, 1.165) is 26.2 Å². The van der Waals surface area contributed by atoms with E-state index in [1.54, 1.807) is 7.11 Å². The summed E-state index contributed by atoms with van der Waals surface area (Å²) >= 11 is 0. The van der Waals surface area contributed by atoms with E-state index in [4.69, 9.17) is 4.74 Å². The van der Waals surface area contributed by atoms with Crippen LogP contribution in [0.25, 0.3) is 11.1 Å². The van der Waals surface area contributed by atoms with Gasteiger partial charge in [-0.15, -0.1) is 0 Å². The third-order valence-electron chi connectivity index (χ3n) is 3.80. The Kier molecular flexibility index (Phi) is 5.97. The Balaban J connectivity index is 2.27. The second kappa shape index (κ2) is 7.96. The van der Waals surface area contributed by atoms with Gasteiger partial charge in [0.1, 0.15) is 0 Å². The Hall–Kier alpha value is -1.64. The number of benzene rings is 2. The summed E-state index contributed by atoms with van der Waals surface area (Å²) in [7, 11) is 1.76. The van der Waals surface area contributed by atoms with Gasteiger partial charge in [0.2, 0.25) is 0 Å². The van der Waals surface area contributed by atoms with E-state index in [2.05, 4.69) is 67.3 Å². The molecule has 2 nitrogen and oxygen atoms in total. The number of ether oxygens (including phenoxy) is 1. The predicted molar refractivity (Wildman–Crippen MR) is 89.4 cm³/mol. The lowest BCUT2D eigenvalue weighted by Crippen LogP contribution is -2.27. The summed E-state index contributed by atoms with van der Waals surface area (Å²) in [6.07, 6.45) is 0. The van der Waals surface area contributed by atoms with Gasteiger partial charge in [0.25, 0.3) is 0 Å². The quantitative estimate of drug-likeness (QED) is 0.757. The number of methoxy groups -OCH3 is 1. The number of likely N-dealkylation sites (N-methyl/N-ethyl adjacent to an activating group) is 1. The highest BCUT2D eigenvalue weighted by atomic mass is 16.5. The minimum absolute atomic E-state index is 0.778. The molecule has 0 amide bonds. The minimum atomic E-state index is 0.778. The number of rotatable bonds is 7. The number of nitrogens with zero attached hydrogens (tertiary/aromatic N) is 1. The minimum Gasteiger partial charge on any atom is -0.383 e. The van der Waals surface area contributed by atoms with Gasteiger partial charge < -0.3 is 4.74 Å². The lowest BCUT2D eigenvalue weighted by atomic mass is 9.97.